The lowest BCUT2D eigenvalue weighted by Crippen LogP contribution is -2.47. The van der Waals surface area contributed by atoms with Crippen LogP contribution in [0.1, 0.15) is 50.7 Å². The van der Waals surface area contributed by atoms with Gasteiger partial charge in [0.2, 0.25) is 10.0 Å². The number of benzene rings is 1. The van der Waals surface area contributed by atoms with Crippen molar-refractivity contribution in [3.05, 3.63) is 23.3 Å². The zero-order chi connectivity index (χ0) is 15.8. The number of nitrogen functional groups attached to an aromatic ring is 1. The summed E-state index contributed by atoms with van der Waals surface area (Å²) in [5, 5.41) is 0. The van der Waals surface area contributed by atoms with Crippen molar-refractivity contribution in [3.63, 3.8) is 0 Å². The number of hydrogen-bond acceptors (Lipinski definition) is 3. The Hall–Kier alpha value is -1.07. The molecular weight excluding hydrogens is 284 g/mol. The van der Waals surface area contributed by atoms with Gasteiger partial charge in [-0.25, -0.2) is 13.1 Å². The summed E-state index contributed by atoms with van der Waals surface area (Å²) in [6, 6.07) is 3.64. The molecule has 4 nitrogen and oxygen atoms in total. The van der Waals surface area contributed by atoms with Crippen molar-refractivity contribution in [2.24, 2.45) is 5.41 Å². The summed E-state index contributed by atoms with van der Waals surface area (Å²) in [5.74, 6) is 0. The average Bonchev–Trinajstić information content (AvgIpc) is 2.36. The zero-order valence-electron chi connectivity index (χ0n) is 13.4. The van der Waals surface area contributed by atoms with E-state index >= 15 is 0 Å². The van der Waals surface area contributed by atoms with Gasteiger partial charge >= 0.3 is 0 Å². The number of nitrogens with one attached hydrogen (secondary N) is 1. The van der Waals surface area contributed by atoms with Gasteiger partial charge in [0.1, 0.15) is 4.90 Å². The molecule has 5 heteroatoms. The van der Waals surface area contributed by atoms with Gasteiger partial charge in [0.15, 0.2) is 0 Å². The van der Waals surface area contributed by atoms with Crippen LogP contribution in [0.2, 0.25) is 0 Å². The summed E-state index contributed by atoms with van der Waals surface area (Å²) in [5.41, 5.74) is 7.85. The van der Waals surface area contributed by atoms with Crippen LogP contribution in [0.3, 0.4) is 0 Å². The summed E-state index contributed by atoms with van der Waals surface area (Å²) in [6.45, 7) is 7.88. The highest BCUT2D eigenvalue weighted by Gasteiger charge is 2.36. The number of rotatable bonds is 3. The Morgan fingerprint density at radius 3 is 2.43 bits per heavy atom. The van der Waals surface area contributed by atoms with Crippen molar-refractivity contribution in [1.82, 2.24) is 4.72 Å². The molecule has 21 heavy (non-hydrogen) atoms. The minimum Gasteiger partial charge on any atom is -0.397 e. The molecule has 2 rings (SSSR count). The van der Waals surface area contributed by atoms with Crippen molar-refractivity contribution in [2.75, 3.05) is 5.73 Å². The molecule has 1 unspecified atom stereocenters. The molecule has 0 amide bonds. The molecule has 118 valence electrons. The van der Waals surface area contributed by atoms with Crippen LogP contribution in [0.5, 0.6) is 0 Å². The number of hydrogen-bond donors (Lipinski definition) is 2. The maximum Gasteiger partial charge on any atom is 0.243 e. The number of aryl methyl sites for hydroxylation is 2. The second-order valence-electron chi connectivity index (χ2n) is 6.85. The third-order valence-corrected chi connectivity index (χ3v) is 6.36. The van der Waals surface area contributed by atoms with Gasteiger partial charge in [-0.15, -0.1) is 0 Å². The first-order chi connectivity index (χ1) is 9.65. The van der Waals surface area contributed by atoms with Crippen LogP contribution in [-0.4, -0.2) is 14.5 Å². The van der Waals surface area contributed by atoms with E-state index < -0.39 is 10.0 Å². The standard InChI is InChI=1S/C16H26N2O2S/c1-11-8-9-12(2)15(14(11)17)21(19,20)18-13-7-5-6-10-16(13,3)4/h8-9,13,18H,5-7,10,17H2,1-4H3. The highest BCUT2D eigenvalue weighted by Crippen LogP contribution is 2.37. The fourth-order valence-corrected chi connectivity index (χ4v) is 4.99. The van der Waals surface area contributed by atoms with Gasteiger partial charge in [-0.1, -0.05) is 38.8 Å². The molecule has 0 aliphatic heterocycles. The summed E-state index contributed by atoms with van der Waals surface area (Å²) >= 11 is 0. The fourth-order valence-electron chi connectivity index (χ4n) is 3.12. The lowest BCUT2D eigenvalue weighted by atomic mass is 9.74. The topological polar surface area (TPSA) is 72.2 Å². The molecule has 0 heterocycles. The van der Waals surface area contributed by atoms with Gasteiger partial charge < -0.3 is 5.73 Å². The zero-order valence-corrected chi connectivity index (χ0v) is 14.2. The highest BCUT2D eigenvalue weighted by molar-refractivity contribution is 7.89. The molecule has 1 aliphatic carbocycles. The Balaban J connectivity index is 2.37. The Morgan fingerprint density at radius 1 is 1.19 bits per heavy atom. The van der Waals surface area contributed by atoms with Crippen molar-refractivity contribution in [3.8, 4) is 0 Å². The molecule has 1 aromatic rings. The molecule has 3 N–H and O–H groups in total. The Morgan fingerprint density at radius 2 is 1.81 bits per heavy atom. The molecular formula is C16H26N2O2S. The van der Waals surface area contributed by atoms with Gasteiger partial charge in [0.05, 0.1) is 5.69 Å². The monoisotopic (exact) mass is 310 g/mol. The van der Waals surface area contributed by atoms with Crippen molar-refractivity contribution in [2.45, 2.75) is 64.3 Å². The van der Waals surface area contributed by atoms with Crippen LogP contribution >= 0.6 is 0 Å². The third kappa shape index (κ3) is 3.24. The van der Waals surface area contributed by atoms with E-state index in [1.54, 1.807) is 6.92 Å². The fraction of sp³-hybridized carbons (Fsp3) is 0.625. The Kier molecular flexibility index (Phi) is 4.36. The van der Waals surface area contributed by atoms with E-state index in [1.165, 1.54) is 0 Å². The van der Waals surface area contributed by atoms with Crippen molar-refractivity contribution < 1.29 is 8.42 Å². The van der Waals surface area contributed by atoms with E-state index in [-0.39, 0.29) is 16.4 Å². The summed E-state index contributed by atoms with van der Waals surface area (Å²) < 4.78 is 28.5. The predicted molar refractivity (Wildman–Crippen MR) is 86.7 cm³/mol. The van der Waals surface area contributed by atoms with Crippen LogP contribution in [-0.2, 0) is 10.0 Å². The van der Waals surface area contributed by atoms with Crippen molar-refractivity contribution >= 4 is 15.7 Å². The number of anilines is 1. The first-order valence-electron chi connectivity index (χ1n) is 7.53. The van der Waals surface area contributed by atoms with Gasteiger partial charge in [0, 0.05) is 6.04 Å². The van der Waals surface area contributed by atoms with Crippen LogP contribution in [0, 0.1) is 19.3 Å². The largest absolute Gasteiger partial charge is 0.397 e. The minimum atomic E-state index is -3.59. The van der Waals surface area contributed by atoms with Crippen molar-refractivity contribution in [1.29, 1.82) is 0 Å². The van der Waals surface area contributed by atoms with Gasteiger partial charge in [0.25, 0.3) is 0 Å². The normalized spacial score (nSPS) is 22.2. The Labute approximate surface area is 128 Å². The summed E-state index contributed by atoms with van der Waals surface area (Å²) in [4.78, 5) is 0.240. The quantitative estimate of drug-likeness (QED) is 0.842. The molecule has 1 fully saturated rings. The Bertz CT molecular complexity index is 636. The number of nitrogens with two attached hydrogens (primary N) is 1. The summed E-state index contributed by atoms with van der Waals surface area (Å²) in [6.07, 6.45) is 4.16. The molecule has 1 aromatic carbocycles. The molecule has 1 atom stereocenters. The minimum absolute atomic E-state index is 0.0161. The van der Waals surface area contributed by atoms with E-state index in [2.05, 4.69) is 18.6 Å². The first kappa shape index (κ1) is 16.3. The van der Waals surface area contributed by atoms with E-state index in [0.29, 0.717) is 11.3 Å². The molecule has 0 bridgehead atoms. The lowest BCUT2D eigenvalue weighted by molar-refractivity contribution is 0.188. The SMILES string of the molecule is Cc1ccc(C)c(S(=O)(=O)NC2CCCCC2(C)C)c1N. The molecule has 1 saturated carbocycles. The first-order valence-corrected chi connectivity index (χ1v) is 9.01. The molecule has 0 radical (unpaired) electrons. The van der Waals surface area contributed by atoms with Crippen LogP contribution in [0.4, 0.5) is 5.69 Å². The highest BCUT2D eigenvalue weighted by atomic mass is 32.2. The maximum absolute atomic E-state index is 12.8. The molecule has 0 aromatic heterocycles. The second kappa shape index (κ2) is 5.61. The second-order valence-corrected chi connectivity index (χ2v) is 8.50. The molecule has 1 aliphatic rings. The maximum atomic E-state index is 12.8. The number of sulfonamides is 1. The summed E-state index contributed by atoms with van der Waals surface area (Å²) in [7, 11) is -3.59. The van der Waals surface area contributed by atoms with E-state index in [0.717, 1.165) is 31.2 Å². The van der Waals surface area contributed by atoms with Crippen LogP contribution in [0.15, 0.2) is 17.0 Å². The van der Waals surface area contributed by atoms with Gasteiger partial charge in [-0.2, -0.15) is 0 Å². The van der Waals surface area contributed by atoms with Crippen LogP contribution in [0.25, 0.3) is 0 Å². The smallest absolute Gasteiger partial charge is 0.243 e. The van der Waals surface area contributed by atoms with Gasteiger partial charge in [-0.05, 0) is 43.2 Å². The van der Waals surface area contributed by atoms with Gasteiger partial charge in [-0.3, -0.25) is 0 Å². The molecule has 0 saturated heterocycles. The molecule has 0 spiro atoms. The van der Waals surface area contributed by atoms with E-state index in [4.69, 9.17) is 5.73 Å². The van der Waals surface area contributed by atoms with E-state index in [9.17, 15) is 8.42 Å². The van der Waals surface area contributed by atoms with E-state index in [1.807, 2.05) is 19.1 Å². The van der Waals surface area contributed by atoms with Crippen LogP contribution < -0.4 is 10.5 Å². The predicted octanol–water partition coefficient (Wildman–Crippen LogP) is 3.13. The average molecular weight is 310 g/mol. The third-order valence-electron chi connectivity index (χ3n) is 4.68. The lowest BCUT2D eigenvalue weighted by Gasteiger charge is -2.38.